The van der Waals surface area contributed by atoms with Gasteiger partial charge in [0.1, 0.15) is 18.4 Å². The molecule has 1 rings (SSSR count). The van der Waals surface area contributed by atoms with Crippen LogP contribution in [-0.4, -0.2) is 23.7 Å². The van der Waals surface area contributed by atoms with E-state index in [0.717, 1.165) is 0 Å². The summed E-state index contributed by atoms with van der Waals surface area (Å²) >= 11 is 0. The fraction of sp³-hybridized carbons (Fsp3) is 0.222. The van der Waals surface area contributed by atoms with E-state index in [2.05, 4.69) is 21.8 Å². The molecule has 13 heavy (non-hydrogen) atoms. The third kappa shape index (κ3) is 2.55. The van der Waals surface area contributed by atoms with Crippen LogP contribution in [0.3, 0.4) is 0 Å². The monoisotopic (exact) mass is 173 g/mol. The molecule has 0 aromatic carbocycles. The van der Waals surface area contributed by atoms with Crippen LogP contribution >= 0.6 is 0 Å². The van der Waals surface area contributed by atoms with Crippen LogP contribution in [0.15, 0.2) is 12.4 Å². The van der Waals surface area contributed by atoms with Gasteiger partial charge in [-0.3, -0.25) is 0 Å². The molecule has 0 bridgehead atoms. The van der Waals surface area contributed by atoms with E-state index in [1.54, 1.807) is 7.11 Å². The number of hydrogen-bond acceptors (Lipinski definition) is 4. The third-order valence-electron chi connectivity index (χ3n) is 1.23. The van der Waals surface area contributed by atoms with Crippen LogP contribution < -0.4 is 0 Å². The molecule has 0 fully saturated rings. The number of hydrogen-bond donors (Lipinski definition) is 0. The maximum absolute atomic E-state index is 8.62. The summed E-state index contributed by atoms with van der Waals surface area (Å²) < 4.78 is 4.73. The highest BCUT2D eigenvalue weighted by atomic mass is 16.5. The quantitative estimate of drug-likeness (QED) is 0.575. The van der Waals surface area contributed by atoms with Crippen molar-refractivity contribution in [3.8, 4) is 17.9 Å². The molecule has 0 N–H and O–H groups in total. The molecule has 0 amide bonds. The normalized spacial score (nSPS) is 8.31. The van der Waals surface area contributed by atoms with Gasteiger partial charge in [-0.1, -0.05) is 5.92 Å². The third-order valence-corrected chi connectivity index (χ3v) is 1.23. The second kappa shape index (κ2) is 4.87. The van der Waals surface area contributed by atoms with Crippen molar-refractivity contribution in [1.29, 1.82) is 5.26 Å². The highest BCUT2D eigenvalue weighted by molar-refractivity contribution is 5.38. The van der Waals surface area contributed by atoms with E-state index in [1.807, 2.05) is 6.07 Å². The van der Waals surface area contributed by atoms with Crippen molar-refractivity contribution in [3.63, 3.8) is 0 Å². The van der Waals surface area contributed by atoms with Gasteiger partial charge in [0.15, 0.2) is 5.69 Å². The van der Waals surface area contributed by atoms with Gasteiger partial charge < -0.3 is 4.74 Å². The van der Waals surface area contributed by atoms with Crippen molar-refractivity contribution in [3.05, 3.63) is 23.8 Å². The van der Waals surface area contributed by atoms with Crippen LogP contribution in [-0.2, 0) is 4.74 Å². The Bertz CT molecular complexity index is 384. The van der Waals surface area contributed by atoms with E-state index in [-0.39, 0.29) is 5.69 Å². The molecule has 0 radical (unpaired) electrons. The fourth-order valence-electron chi connectivity index (χ4n) is 0.703. The highest BCUT2D eigenvalue weighted by Gasteiger charge is 1.98. The van der Waals surface area contributed by atoms with Gasteiger partial charge >= 0.3 is 0 Å². The van der Waals surface area contributed by atoms with Crippen molar-refractivity contribution in [2.75, 3.05) is 13.7 Å². The number of ether oxygens (including phenoxy) is 1. The summed E-state index contributed by atoms with van der Waals surface area (Å²) in [6, 6.07) is 1.91. The Hall–Kier alpha value is -1.91. The molecular formula is C9H7N3O. The number of aromatic nitrogens is 2. The first-order valence-electron chi connectivity index (χ1n) is 3.57. The lowest BCUT2D eigenvalue weighted by Crippen LogP contribution is -1.92. The molecule has 0 spiro atoms. The van der Waals surface area contributed by atoms with Crippen LogP contribution in [0, 0.1) is 23.2 Å². The first-order chi connectivity index (χ1) is 6.38. The van der Waals surface area contributed by atoms with Gasteiger partial charge in [-0.2, -0.15) is 5.26 Å². The second-order valence-corrected chi connectivity index (χ2v) is 2.10. The maximum atomic E-state index is 8.62. The maximum Gasteiger partial charge on any atom is 0.174 e. The first-order valence-corrected chi connectivity index (χ1v) is 3.57. The predicted octanol–water partition coefficient (Wildman–Crippen LogP) is 0.346. The summed E-state index contributed by atoms with van der Waals surface area (Å²) in [6.45, 7) is 0.321. The summed E-state index contributed by atoms with van der Waals surface area (Å²) in [5.41, 5.74) is 0.633. The smallest absolute Gasteiger partial charge is 0.174 e. The molecule has 64 valence electrons. The zero-order chi connectivity index (χ0) is 9.52. The summed E-state index contributed by atoms with van der Waals surface area (Å²) in [6.07, 6.45) is 2.96. The molecule has 0 atom stereocenters. The van der Waals surface area contributed by atoms with Crippen LogP contribution in [0.25, 0.3) is 0 Å². The molecule has 0 unspecified atom stereocenters. The van der Waals surface area contributed by atoms with Gasteiger partial charge in [-0.15, -0.1) is 0 Å². The average Bonchev–Trinajstić information content (AvgIpc) is 2.19. The molecule has 1 aromatic rings. The Kier molecular flexibility index (Phi) is 3.44. The molecule has 0 saturated carbocycles. The number of methoxy groups -OCH3 is 1. The van der Waals surface area contributed by atoms with Gasteiger partial charge in [0.2, 0.25) is 0 Å². The van der Waals surface area contributed by atoms with E-state index >= 15 is 0 Å². The van der Waals surface area contributed by atoms with Crippen LogP contribution in [0.4, 0.5) is 0 Å². The lowest BCUT2D eigenvalue weighted by atomic mass is 10.3. The van der Waals surface area contributed by atoms with E-state index in [0.29, 0.717) is 12.3 Å². The van der Waals surface area contributed by atoms with Crippen molar-refractivity contribution in [1.82, 2.24) is 9.97 Å². The summed E-state index contributed by atoms with van der Waals surface area (Å²) in [5, 5.41) is 8.62. The molecular weight excluding hydrogens is 166 g/mol. The SMILES string of the molecule is COCC#Cc1nccnc1C#N. The van der Waals surface area contributed by atoms with E-state index < -0.39 is 0 Å². The van der Waals surface area contributed by atoms with E-state index in [9.17, 15) is 0 Å². The zero-order valence-corrected chi connectivity index (χ0v) is 7.11. The van der Waals surface area contributed by atoms with Crippen molar-refractivity contribution in [2.24, 2.45) is 0 Å². The lowest BCUT2D eigenvalue weighted by molar-refractivity contribution is 0.240. The Balaban J connectivity index is 2.91. The topological polar surface area (TPSA) is 58.8 Å². The fourth-order valence-corrected chi connectivity index (χ4v) is 0.703. The summed E-state index contributed by atoms with van der Waals surface area (Å²) in [7, 11) is 1.55. The predicted molar refractivity (Wildman–Crippen MR) is 45.5 cm³/mol. The molecule has 0 aliphatic rings. The lowest BCUT2D eigenvalue weighted by Gasteiger charge is -1.90. The minimum Gasteiger partial charge on any atom is -0.372 e. The summed E-state index contributed by atoms with van der Waals surface area (Å²) in [4.78, 5) is 7.72. The van der Waals surface area contributed by atoms with Crippen LogP contribution in [0.5, 0.6) is 0 Å². The van der Waals surface area contributed by atoms with Crippen LogP contribution in [0.1, 0.15) is 11.4 Å². The van der Waals surface area contributed by atoms with Crippen molar-refractivity contribution < 1.29 is 4.74 Å². The Labute approximate surface area is 76.2 Å². The molecule has 0 aliphatic heterocycles. The van der Waals surface area contributed by atoms with E-state index in [4.69, 9.17) is 10.00 Å². The largest absolute Gasteiger partial charge is 0.372 e. The average molecular weight is 173 g/mol. The van der Waals surface area contributed by atoms with Gasteiger partial charge in [-0.05, 0) is 5.92 Å². The highest BCUT2D eigenvalue weighted by Crippen LogP contribution is 1.96. The Morgan fingerprint density at radius 1 is 1.38 bits per heavy atom. The molecule has 1 heterocycles. The minimum absolute atomic E-state index is 0.242. The molecule has 0 saturated heterocycles. The van der Waals surface area contributed by atoms with Crippen LogP contribution in [0.2, 0.25) is 0 Å². The Morgan fingerprint density at radius 2 is 2.08 bits per heavy atom. The second-order valence-electron chi connectivity index (χ2n) is 2.10. The number of nitriles is 1. The molecule has 0 aliphatic carbocycles. The molecule has 4 heteroatoms. The zero-order valence-electron chi connectivity index (χ0n) is 7.11. The minimum atomic E-state index is 0.242. The van der Waals surface area contributed by atoms with Gasteiger partial charge in [0.05, 0.1) is 0 Å². The number of nitrogens with zero attached hydrogens (tertiary/aromatic N) is 3. The molecule has 4 nitrogen and oxygen atoms in total. The van der Waals surface area contributed by atoms with Gasteiger partial charge in [0, 0.05) is 19.5 Å². The van der Waals surface area contributed by atoms with Gasteiger partial charge in [-0.25, -0.2) is 9.97 Å². The summed E-state index contributed by atoms with van der Waals surface area (Å²) in [5.74, 6) is 5.39. The van der Waals surface area contributed by atoms with E-state index in [1.165, 1.54) is 12.4 Å². The first kappa shape index (κ1) is 9.18. The van der Waals surface area contributed by atoms with Crippen molar-refractivity contribution in [2.45, 2.75) is 0 Å². The number of rotatable bonds is 1. The van der Waals surface area contributed by atoms with Gasteiger partial charge in [0.25, 0.3) is 0 Å². The molecule has 1 aromatic heterocycles. The standard InChI is InChI=1S/C9H7N3O/c1-13-6-2-3-8-9(7-10)12-5-4-11-8/h4-5H,6H2,1H3. The Morgan fingerprint density at radius 3 is 2.69 bits per heavy atom. The van der Waals surface area contributed by atoms with Crippen molar-refractivity contribution >= 4 is 0 Å².